The normalized spacial score (nSPS) is 43.9. The lowest BCUT2D eigenvalue weighted by molar-refractivity contribution is -0.166. The number of rotatable bonds is 1. The van der Waals surface area contributed by atoms with E-state index in [1.807, 2.05) is 12.4 Å². The highest BCUT2D eigenvalue weighted by Gasteiger charge is 2.58. The molecular weight excluding hydrogens is 312 g/mol. The summed E-state index contributed by atoms with van der Waals surface area (Å²) in [4.78, 5) is 19.6. The molecule has 6 atom stereocenters. The van der Waals surface area contributed by atoms with Crippen molar-refractivity contribution in [2.24, 2.45) is 23.7 Å². The smallest absolute Gasteiger partial charge is 0.250 e. The predicted octanol–water partition coefficient (Wildman–Crippen LogP) is 2.42. The van der Waals surface area contributed by atoms with Crippen molar-refractivity contribution < 1.29 is 9.90 Å². The zero-order valence-corrected chi connectivity index (χ0v) is 14.4. The molecule has 2 heterocycles. The van der Waals surface area contributed by atoms with Crippen molar-refractivity contribution in [3.05, 3.63) is 35.2 Å². The van der Waals surface area contributed by atoms with Gasteiger partial charge in [-0.25, -0.2) is 0 Å². The molecule has 1 N–H and O–H groups in total. The van der Waals surface area contributed by atoms with E-state index in [9.17, 15) is 9.90 Å². The van der Waals surface area contributed by atoms with Crippen LogP contribution in [-0.2, 0) is 11.2 Å². The minimum Gasteiger partial charge on any atom is -0.390 e. The molecule has 1 saturated heterocycles. The van der Waals surface area contributed by atoms with Crippen LogP contribution in [0.4, 0.5) is 0 Å². The first-order chi connectivity index (χ1) is 12.1. The van der Waals surface area contributed by atoms with Gasteiger partial charge in [-0.3, -0.25) is 9.78 Å². The summed E-state index contributed by atoms with van der Waals surface area (Å²) in [6, 6.07) is 2.45. The van der Waals surface area contributed by atoms with Gasteiger partial charge in [0.15, 0.2) is 0 Å². The Bertz CT molecular complexity index is 785. The number of aromatic nitrogens is 1. The van der Waals surface area contributed by atoms with Crippen LogP contribution < -0.4 is 0 Å². The van der Waals surface area contributed by atoms with Gasteiger partial charge in [0.2, 0.25) is 5.91 Å². The maximum atomic E-state index is 13.2. The SMILES string of the molecule is O=C1C2=Cc3cnccc3CC2CN1C1[C@@H]2CC3C[C@H]1CC(O)(C3)C2. The van der Waals surface area contributed by atoms with Gasteiger partial charge in [-0.15, -0.1) is 0 Å². The molecule has 1 aromatic heterocycles. The maximum absolute atomic E-state index is 13.2. The van der Waals surface area contributed by atoms with Crippen LogP contribution in [0.5, 0.6) is 0 Å². The molecule has 4 heteroatoms. The van der Waals surface area contributed by atoms with Crippen molar-refractivity contribution in [2.75, 3.05) is 6.54 Å². The number of hydrogen-bond donors (Lipinski definition) is 1. The van der Waals surface area contributed by atoms with Crippen molar-refractivity contribution >= 4 is 12.0 Å². The number of likely N-dealkylation sites (tertiary alicyclic amines) is 1. The second-order valence-electron chi connectivity index (χ2n) is 9.22. The summed E-state index contributed by atoms with van der Waals surface area (Å²) in [7, 11) is 0. The Kier molecular flexibility index (Phi) is 2.74. The van der Waals surface area contributed by atoms with E-state index in [1.54, 1.807) is 0 Å². The van der Waals surface area contributed by atoms with Crippen LogP contribution in [0.1, 0.15) is 43.2 Å². The van der Waals surface area contributed by atoms with Gasteiger partial charge in [-0.2, -0.15) is 0 Å². The van der Waals surface area contributed by atoms with Gasteiger partial charge in [0.05, 0.1) is 5.60 Å². The first-order valence-electron chi connectivity index (χ1n) is 9.77. The highest BCUT2D eigenvalue weighted by Crippen LogP contribution is 2.57. The molecule has 0 spiro atoms. The van der Waals surface area contributed by atoms with Crippen LogP contribution in [0, 0.1) is 23.7 Å². The third-order valence-corrected chi connectivity index (χ3v) is 7.64. The minimum atomic E-state index is -0.427. The Hall–Kier alpha value is -1.68. The number of nitrogens with zero attached hydrogens (tertiary/aromatic N) is 2. The monoisotopic (exact) mass is 336 g/mol. The van der Waals surface area contributed by atoms with Crippen LogP contribution in [-0.4, -0.2) is 39.1 Å². The second-order valence-corrected chi connectivity index (χ2v) is 9.22. The predicted molar refractivity (Wildman–Crippen MR) is 93.4 cm³/mol. The molecular formula is C21H24N2O2. The van der Waals surface area contributed by atoms with Gasteiger partial charge in [0, 0.05) is 36.5 Å². The number of carbonyl (C=O) groups excluding carboxylic acids is 1. The lowest BCUT2D eigenvalue weighted by Crippen LogP contribution is -2.62. The third kappa shape index (κ3) is 1.97. The van der Waals surface area contributed by atoms with Crippen LogP contribution in [0.15, 0.2) is 24.0 Å². The average Bonchev–Trinajstić information content (AvgIpc) is 2.87. The number of fused-ring (bicyclic) bond motifs is 2. The summed E-state index contributed by atoms with van der Waals surface area (Å²) in [6.07, 6.45) is 12.0. The van der Waals surface area contributed by atoms with E-state index in [1.165, 1.54) is 18.4 Å². The molecule has 5 fully saturated rings. The zero-order chi connectivity index (χ0) is 16.8. The summed E-state index contributed by atoms with van der Waals surface area (Å²) in [5.41, 5.74) is 3.00. The quantitative estimate of drug-likeness (QED) is 0.857. The number of aliphatic hydroxyl groups is 1. The Morgan fingerprint density at radius 2 is 2.00 bits per heavy atom. The Morgan fingerprint density at radius 1 is 1.20 bits per heavy atom. The molecule has 5 aliphatic carbocycles. The average molecular weight is 336 g/mol. The maximum Gasteiger partial charge on any atom is 0.250 e. The van der Waals surface area contributed by atoms with Crippen LogP contribution in [0.25, 0.3) is 6.08 Å². The van der Waals surface area contributed by atoms with Crippen molar-refractivity contribution in [1.29, 1.82) is 0 Å². The molecule has 4 nitrogen and oxygen atoms in total. The zero-order valence-electron chi connectivity index (χ0n) is 14.4. The molecule has 4 unspecified atom stereocenters. The van der Waals surface area contributed by atoms with Crippen molar-refractivity contribution in [2.45, 2.75) is 50.2 Å². The van der Waals surface area contributed by atoms with Crippen molar-refractivity contribution in [3.63, 3.8) is 0 Å². The Labute approximate surface area is 147 Å². The second kappa shape index (κ2) is 4.73. The number of carbonyl (C=O) groups is 1. The Morgan fingerprint density at radius 3 is 2.76 bits per heavy atom. The first kappa shape index (κ1) is 14.5. The van der Waals surface area contributed by atoms with Gasteiger partial charge in [0.25, 0.3) is 0 Å². The molecule has 0 aromatic carbocycles. The minimum absolute atomic E-state index is 0.254. The van der Waals surface area contributed by atoms with Crippen molar-refractivity contribution in [1.82, 2.24) is 9.88 Å². The van der Waals surface area contributed by atoms with Crippen molar-refractivity contribution in [3.8, 4) is 0 Å². The largest absolute Gasteiger partial charge is 0.390 e. The summed E-state index contributed by atoms with van der Waals surface area (Å²) < 4.78 is 0. The van der Waals surface area contributed by atoms with E-state index in [0.29, 0.717) is 29.7 Å². The highest BCUT2D eigenvalue weighted by atomic mass is 16.3. The molecule has 4 saturated carbocycles. The molecule has 25 heavy (non-hydrogen) atoms. The summed E-state index contributed by atoms with van der Waals surface area (Å²) >= 11 is 0. The number of hydrogen-bond acceptors (Lipinski definition) is 3. The van der Waals surface area contributed by atoms with Crippen LogP contribution in [0.3, 0.4) is 0 Å². The van der Waals surface area contributed by atoms with E-state index in [-0.39, 0.29) is 5.91 Å². The fourth-order valence-corrected chi connectivity index (χ4v) is 7.02. The molecule has 1 aliphatic heterocycles. The third-order valence-electron chi connectivity index (χ3n) is 7.64. The highest BCUT2D eigenvalue weighted by molar-refractivity contribution is 6.01. The lowest BCUT2D eigenvalue weighted by atomic mass is 9.52. The van der Waals surface area contributed by atoms with Gasteiger partial charge >= 0.3 is 0 Å². The lowest BCUT2D eigenvalue weighted by Gasteiger charge is -2.59. The first-order valence-corrected chi connectivity index (χ1v) is 9.77. The molecule has 130 valence electrons. The van der Waals surface area contributed by atoms with Gasteiger partial charge in [0.1, 0.15) is 0 Å². The van der Waals surface area contributed by atoms with Crippen LogP contribution >= 0.6 is 0 Å². The Balaban J connectivity index is 1.33. The fraction of sp³-hybridized carbons (Fsp3) is 0.619. The fourth-order valence-electron chi connectivity index (χ4n) is 7.02. The molecule has 7 rings (SSSR count). The van der Waals surface area contributed by atoms with E-state index < -0.39 is 5.60 Å². The van der Waals surface area contributed by atoms with Gasteiger partial charge in [-0.1, -0.05) is 0 Å². The number of pyridine rings is 1. The van der Waals surface area contributed by atoms with E-state index >= 15 is 0 Å². The molecule has 0 radical (unpaired) electrons. The summed E-state index contributed by atoms with van der Waals surface area (Å²) in [6.45, 7) is 0.868. The summed E-state index contributed by atoms with van der Waals surface area (Å²) in [5, 5.41) is 10.8. The number of amides is 1. The summed E-state index contributed by atoms with van der Waals surface area (Å²) in [5.74, 6) is 2.29. The van der Waals surface area contributed by atoms with E-state index in [0.717, 1.165) is 43.4 Å². The molecule has 1 amide bonds. The van der Waals surface area contributed by atoms with Crippen LogP contribution in [0.2, 0.25) is 0 Å². The molecule has 4 bridgehead atoms. The topological polar surface area (TPSA) is 53.4 Å². The van der Waals surface area contributed by atoms with Gasteiger partial charge < -0.3 is 10.0 Å². The van der Waals surface area contributed by atoms with Gasteiger partial charge in [-0.05, 0) is 79.5 Å². The molecule has 6 aliphatic rings. The van der Waals surface area contributed by atoms with E-state index in [2.05, 4.69) is 22.0 Å². The standard InChI is InChI=1S/C21H24N2O2/c24-20-18-6-16-10-22-2-1-13(16)5-17(18)11-23(20)19-14-3-12-4-15(19)9-21(25,7-12)8-14/h1-2,6,10,12,14-15,17,19,25H,3-5,7-9,11H2/t12?,14-,15+,17?,19?,21?. The van der Waals surface area contributed by atoms with E-state index in [4.69, 9.17) is 0 Å². The molecule has 1 aromatic rings.